The molecule has 3 rings (SSSR count). The molecule has 1 aliphatic heterocycles. The quantitative estimate of drug-likeness (QED) is 0.278. The van der Waals surface area contributed by atoms with E-state index in [4.69, 9.17) is 24.3 Å². The summed E-state index contributed by atoms with van der Waals surface area (Å²) in [7, 11) is 1.61. The van der Waals surface area contributed by atoms with E-state index in [9.17, 15) is 0 Å². The summed E-state index contributed by atoms with van der Waals surface area (Å²) in [5.41, 5.74) is 1.13. The number of nitrogens with zero attached hydrogens (tertiary/aromatic N) is 1. The molecule has 164 valence electrons. The monoisotopic (exact) mass is 519 g/mol. The lowest BCUT2D eigenvalue weighted by atomic mass is 9.57. The summed E-state index contributed by atoms with van der Waals surface area (Å²) in [6.07, 6.45) is 1.46. The lowest BCUT2D eigenvalue weighted by molar-refractivity contribution is -0.106. The minimum Gasteiger partial charge on any atom is -0.493 e. The number of hydrogen-bond donors (Lipinski definition) is 3. The lowest BCUT2D eigenvalue weighted by Gasteiger charge is -2.54. The Morgan fingerprint density at radius 2 is 2.14 bits per heavy atom. The van der Waals surface area contributed by atoms with Crippen LogP contribution in [-0.4, -0.2) is 56.7 Å². The van der Waals surface area contributed by atoms with E-state index in [0.717, 1.165) is 31.1 Å². The first-order valence-electron chi connectivity index (χ1n) is 10.1. The van der Waals surface area contributed by atoms with Gasteiger partial charge in [0.15, 0.2) is 17.5 Å². The summed E-state index contributed by atoms with van der Waals surface area (Å²) in [5.74, 6) is 2.65. The van der Waals surface area contributed by atoms with E-state index in [-0.39, 0.29) is 42.6 Å². The highest BCUT2D eigenvalue weighted by Gasteiger charge is 2.59. The fourth-order valence-corrected chi connectivity index (χ4v) is 4.34. The minimum absolute atomic E-state index is 0. The van der Waals surface area contributed by atoms with Crippen molar-refractivity contribution in [1.82, 2.24) is 10.6 Å². The van der Waals surface area contributed by atoms with E-state index in [2.05, 4.69) is 31.4 Å². The third-order valence-electron chi connectivity index (χ3n) is 5.73. The number of aliphatic hydroxyl groups excluding tert-OH is 1. The molecule has 1 saturated heterocycles. The van der Waals surface area contributed by atoms with Gasteiger partial charge in [0.25, 0.3) is 0 Å². The van der Waals surface area contributed by atoms with Gasteiger partial charge in [0.05, 0.1) is 26.4 Å². The normalized spacial score (nSPS) is 24.7. The second-order valence-electron chi connectivity index (χ2n) is 7.94. The lowest BCUT2D eigenvalue weighted by Crippen LogP contribution is -2.67. The van der Waals surface area contributed by atoms with Crippen LogP contribution in [0.15, 0.2) is 23.2 Å². The maximum Gasteiger partial charge on any atom is 0.191 e. The molecule has 1 aliphatic carbocycles. The third kappa shape index (κ3) is 5.27. The Bertz CT molecular complexity index is 699. The molecule has 1 aromatic rings. The van der Waals surface area contributed by atoms with E-state index >= 15 is 0 Å². The van der Waals surface area contributed by atoms with E-state index in [1.807, 2.05) is 18.2 Å². The maximum atomic E-state index is 8.93. The number of hydrogen-bond acceptors (Lipinski definition) is 5. The van der Waals surface area contributed by atoms with Gasteiger partial charge in [-0.2, -0.15) is 0 Å². The van der Waals surface area contributed by atoms with Crippen molar-refractivity contribution >= 4 is 29.9 Å². The van der Waals surface area contributed by atoms with Crippen LogP contribution in [-0.2, 0) is 11.3 Å². The molecule has 0 radical (unpaired) electrons. The van der Waals surface area contributed by atoms with Gasteiger partial charge in [0.2, 0.25) is 0 Å². The van der Waals surface area contributed by atoms with E-state index in [1.165, 1.54) is 0 Å². The van der Waals surface area contributed by atoms with Crippen molar-refractivity contribution in [2.24, 2.45) is 16.3 Å². The van der Waals surface area contributed by atoms with Crippen LogP contribution >= 0.6 is 24.0 Å². The van der Waals surface area contributed by atoms with E-state index in [1.54, 1.807) is 7.11 Å². The molecule has 2 fully saturated rings. The molecule has 0 spiro atoms. The van der Waals surface area contributed by atoms with Crippen molar-refractivity contribution in [3.8, 4) is 11.5 Å². The molecule has 1 heterocycles. The van der Waals surface area contributed by atoms with Crippen LogP contribution in [0.5, 0.6) is 11.5 Å². The first-order chi connectivity index (χ1) is 13.5. The Hall–Kier alpha value is -1.26. The molecule has 29 heavy (non-hydrogen) atoms. The molecule has 1 aromatic carbocycles. The molecule has 0 amide bonds. The predicted octanol–water partition coefficient (Wildman–Crippen LogP) is 2.55. The largest absolute Gasteiger partial charge is 0.493 e. The Balaban J connectivity index is 0.00000300. The van der Waals surface area contributed by atoms with Crippen LogP contribution in [0, 0.1) is 11.3 Å². The van der Waals surface area contributed by atoms with Crippen LogP contribution in [0.25, 0.3) is 0 Å². The summed E-state index contributed by atoms with van der Waals surface area (Å²) in [6.45, 7) is 9.00. The molecule has 1 saturated carbocycles. The summed E-state index contributed by atoms with van der Waals surface area (Å²) in [4.78, 5) is 4.77. The maximum absolute atomic E-state index is 8.93. The number of methoxy groups -OCH3 is 1. The van der Waals surface area contributed by atoms with Crippen molar-refractivity contribution < 1.29 is 19.3 Å². The van der Waals surface area contributed by atoms with Gasteiger partial charge in [-0.05, 0) is 31.0 Å². The molecule has 3 N–H and O–H groups in total. The third-order valence-corrected chi connectivity index (χ3v) is 5.73. The molecule has 7 nitrogen and oxygen atoms in total. The summed E-state index contributed by atoms with van der Waals surface area (Å²) < 4.78 is 16.8. The summed E-state index contributed by atoms with van der Waals surface area (Å²) in [5, 5.41) is 15.9. The number of nitrogens with one attached hydrogen (secondary N) is 2. The molecular formula is C21H34IN3O4. The highest BCUT2D eigenvalue weighted by Crippen LogP contribution is 2.52. The zero-order valence-corrected chi connectivity index (χ0v) is 20.1. The highest BCUT2D eigenvalue weighted by molar-refractivity contribution is 14.0. The number of fused-ring (bicyclic) bond motifs is 1. The molecule has 3 atom stereocenters. The molecule has 0 bridgehead atoms. The average Bonchev–Trinajstić information content (AvgIpc) is 3.15. The molecule has 3 unspecified atom stereocenters. The Kier molecular flexibility index (Phi) is 8.84. The van der Waals surface area contributed by atoms with Crippen LogP contribution in [0.4, 0.5) is 0 Å². The van der Waals surface area contributed by atoms with Crippen LogP contribution in [0.2, 0.25) is 0 Å². The smallest absolute Gasteiger partial charge is 0.191 e. The molecule has 8 heteroatoms. The first-order valence-corrected chi connectivity index (χ1v) is 10.1. The predicted molar refractivity (Wildman–Crippen MR) is 124 cm³/mol. The van der Waals surface area contributed by atoms with Crippen LogP contribution in [0.1, 0.15) is 32.8 Å². The summed E-state index contributed by atoms with van der Waals surface area (Å²) in [6, 6.07) is 6.11. The van der Waals surface area contributed by atoms with Gasteiger partial charge in [0, 0.05) is 30.5 Å². The Morgan fingerprint density at radius 1 is 1.34 bits per heavy atom. The van der Waals surface area contributed by atoms with Gasteiger partial charge >= 0.3 is 0 Å². The van der Waals surface area contributed by atoms with Gasteiger partial charge in [0.1, 0.15) is 6.61 Å². The molecule has 2 aliphatic rings. The average molecular weight is 519 g/mol. The van der Waals surface area contributed by atoms with Crippen LogP contribution < -0.4 is 20.1 Å². The minimum atomic E-state index is -0.0304. The van der Waals surface area contributed by atoms with Gasteiger partial charge in [-0.15, -0.1) is 24.0 Å². The van der Waals surface area contributed by atoms with Gasteiger partial charge < -0.3 is 30.0 Å². The SMILES string of the molecule is CCNC(=NCc1ccc(OCCO)c(OC)c1)NC1C2CCOC2C1(C)C.I. The zero-order valence-electron chi connectivity index (χ0n) is 17.7. The summed E-state index contributed by atoms with van der Waals surface area (Å²) >= 11 is 0. The van der Waals surface area contributed by atoms with Crippen molar-refractivity contribution in [3.05, 3.63) is 23.8 Å². The van der Waals surface area contributed by atoms with Crippen molar-refractivity contribution in [1.29, 1.82) is 0 Å². The van der Waals surface area contributed by atoms with Crippen molar-refractivity contribution in [2.75, 3.05) is 33.5 Å². The van der Waals surface area contributed by atoms with Gasteiger partial charge in [-0.3, -0.25) is 0 Å². The number of guanidine groups is 1. The number of rotatable bonds is 8. The first kappa shape index (κ1) is 24.0. The fraction of sp³-hybridized carbons (Fsp3) is 0.667. The van der Waals surface area contributed by atoms with E-state index < -0.39 is 0 Å². The molecular weight excluding hydrogens is 485 g/mol. The molecule has 0 aromatic heterocycles. The standard InChI is InChI=1S/C21H33N3O4.HI/c1-5-22-20(24-18-15-8-10-28-19(15)21(18,2)3)23-13-14-6-7-16(27-11-9-25)17(12-14)26-4;/h6-7,12,15,18-19,25H,5,8-11,13H2,1-4H3,(H2,22,23,24);1H. The van der Waals surface area contributed by atoms with Crippen molar-refractivity contribution in [3.63, 3.8) is 0 Å². The van der Waals surface area contributed by atoms with Gasteiger partial charge in [-0.1, -0.05) is 19.9 Å². The number of halogens is 1. The number of benzene rings is 1. The van der Waals surface area contributed by atoms with Crippen molar-refractivity contribution in [2.45, 2.75) is 45.9 Å². The topological polar surface area (TPSA) is 84.3 Å². The Morgan fingerprint density at radius 3 is 2.83 bits per heavy atom. The number of aliphatic hydroxyl groups is 1. The van der Waals surface area contributed by atoms with Gasteiger partial charge in [-0.25, -0.2) is 4.99 Å². The highest BCUT2D eigenvalue weighted by atomic mass is 127. The van der Waals surface area contributed by atoms with Crippen LogP contribution in [0.3, 0.4) is 0 Å². The zero-order chi connectivity index (χ0) is 20.1. The number of aliphatic imine (C=N–C) groups is 1. The number of ether oxygens (including phenoxy) is 3. The fourth-order valence-electron chi connectivity index (χ4n) is 4.34. The van der Waals surface area contributed by atoms with E-state index in [0.29, 0.717) is 36.1 Å². The Labute approximate surface area is 190 Å². The second kappa shape index (κ2) is 10.7. The second-order valence-corrected chi connectivity index (χ2v) is 7.94.